The van der Waals surface area contributed by atoms with Crippen LogP contribution in [0.4, 0.5) is 8.78 Å². The van der Waals surface area contributed by atoms with Crippen LogP contribution in [0.1, 0.15) is 24.2 Å². The zero-order chi connectivity index (χ0) is 16.1. The van der Waals surface area contributed by atoms with E-state index in [1.165, 1.54) is 17.0 Å². The second-order valence-electron chi connectivity index (χ2n) is 4.89. The van der Waals surface area contributed by atoms with Gasteiger partial charge in [-0.05, 0) is 42.8 Å². The van der Waals surface area contributed by atoms with Crippen LogP contribution in [0.15, 0.2) is 48.7 Å². The molecule has 1 aromatic carbocycles. The molecule has 0 N–H and O–H groups in total. The van der Waals surface area contributed by atoms with Gasteiger partial charge >= 0.3 is 0 Å². The third kappa shape index (κ3) is 3.75. The molecule has 0 spiro atoms. The first-order chi connectivity index (χ1) is 10.5. The van der Waals surface area contributed by atoms with Crippen LogP contribution in [0.5, 0.6) is 0 Å². The molecule has 0 fully saturated rings. The van der Waals surface area contributed by atoms with Crippen LogP contribution in [0, 0.1) is 11.6 Å². The van der Waals surface area contributed by atoms with Gasteiger partial charge in [-0.25, -0.2) is 8.78 Å². The van der Waals surface area contributed by atoms with E-state index >= 15 is 0 Å². The highest BCUT2D eigenvalue weighted by molar-refractivity contribution is 5.91. The number of hydrogen-bond donors (Lipinski definition) is 0. The predicted molar refractivity (Wildman–Crippen MR) is 80.8 cm³/mol. The summed E-state index contributed by atoms with van der Waals surface area (Å²) in [7, 11) is 1.61. The van der Waals surface area contributed by atoms with Gasteiger partial charge in [-0.1, -0.05) is 12.1 Å². The Kier molecular flexibility index (Phi) is 4.99. The van der Waals surface area contributed by atoms with Crippen molar-refractivity contribution in [3.63, 3.8) is 0 Å². The van der Waals surface area contributed by atoms with E-state index in [1.807, 2.05) is 6.07 Å². The Morgan fingerprint density at radius 2 is 2.00 bits per heavy atom. The fourth-order valence-electron chi connectivity index (χ4n) is 1.94. The zero-order valence-electron chi connectivity index (χ0n) is 12.3. The summed E-state index contributed by atoms with van der Waals surface area (Å²) < 4.78 is 26.2. The maximum Gasteiger partial charge on any atom is 0.246 e. The topological polar surface area (TPSA) is 33.2 Å². The monoisotopic (exact) mass is 302 g/mol. The van der Waals surface area contributed by atoms with Crippen molar-refractivity contribution in [2.24, 2.45) is 0 Å². The Hall–Kier alpha value is -2.56. The number of halogens is 2. The van der Waals surface area contributed by atoms with Crippen LogP contribution in [-0.2, 0) is 4.79 Å². The number of pyridine rings is 1. The molecule has 1 atom stereocenters. The minimum Gasteiger partial charge on any atom is -0.335 e. The van der Waals surface area contributed by atoms with E-state index in [9.17, 15) is 13.6 Å². The molecule has 1 amide bonds. The van der Waals surface area contributed by atoms with Crippen LogP contribution in [0.2, 0.25) is 0 Å². The lowest BCUT2D eigenvalue weighted by molar-refractivity contribution is -0.126. The number of likely N-dealkylation sites (N-methyl/N-ethyl adjacent to an activating group) is 1. The van der Waals surface area contributed by atoms with Crippen LogP contribution < -0.4 is 0 Å². The minimum absolute atomic E-state index is 0.247. The van der Waals surface area contributed by atoms with E-state index in [4.69, 9.17) is 0 Å². The third-order valence-corrected chi connectivity index (χ3v) is 3.44. The Labute approximate surface area is 127 Å². The van der Waals surface area contributed by atoms with Crippen LogP contribution in [0.25, 0.3) is 6.08 Å². The highest BCUT2D eigenvalue weighted by Crippen LogP contribution is 2.21. The van der Waals surface area contributed by atoms with Crippen LogP contribution >= 0.6 is 0 Å². The van der Waals surface area contributed by atoms with Gasteiger partial charge in [0, 0.05) is 19.3 Å². The number of benzene rings is 1. The second-order valence-corrected chi connectivity index (χ2v) is 4.89. The predicted octanol–water partition coefficient (Wildman–Crippen LogP) is 3.59. The van der Waals surface area contributed by atoms with E-state index in [1.54, 1.807) is 38.4 Å². The third-order valence-electron chi connectivity index (χ3n) is 3.44. The first-order valence-electron chi connectivity index (χ1n) is 6.80. The summed E-state index contributed by atoms with van der Waals surface area (Å²) in [5.41, 5.74) is 1.20. The molecule has 3 nitrogen and oxygen atoms in total. The molecule has 1 unspecified atom stereocenters. The van der Waals surface area contributed by atoms with Gasteiger partial charge in [0.05, 0.1) is 11.7 Å². The van der Waals surface area contributed by atoms with Crippen molar-refractivity contribution in [1.82, 2.24) is 9.88 Å². The van der Waals surface area contributed by atoms with Gasteiger partial charge in [0.15, 0.2) is 11.6 Å². The van der Waals surface area contributed by atoms with Gasteiger partial charge in [-0.2, -0.15) is 0 Å². The molecular weight excluding hydrogens is 286 g/mol. The fraction of sp³-hybridized carbons (Fsp3) is 0.176. The molecule has 0 aliphatic rings. The van der Waals surface area contributed by atoms with E-state index in [-0.39, 0.29) is 11.9 Å². The fourth-order valence-corrected chi connectivity index (χ4v) is 1.94. The van der Waals surface area contributed by atoms with E-state index < -0.39 is 11.6 Å². The average molecular weight is 302 g/mol. The minimum atomic E-state index is -0.922. The summed E-state index contributed by atoms with van der Waals surface area (Å²) in [6.07, 6.45) is 4.65. The lowest BCUT2D eigenvalue weighted by Crippen LogP contribution is -2.28. The quantitative estimate of drug-likeness (QED) is 0.809. The van der Waals surface area contributed by atoms with E-state index in [2.05, 4.69) is 4.98 Å². The molecule has 0 saturated carbocycles. The van der Waals surface area contributed by atoms with Crippen LogP contribution in [0.3, 0.4) is 0 Å². The number of carbonyl (C=O) groups excluding carboxylic acids is 1. The Balaban J connectivity index is 2.09. The molecule has 0 aliphatic heterocycles. The highest BCUT2D eigenvalue weighted by Gasteiger charge is 2.16. The summed E-state index contributed by atoms with van der Waals surface area (Å²) in [6, 6.07) is 8.64. The molecule has 0 aliphatic carbocycles. The first-order valence-corrected chi connectivity index (χ1v) is 6.80. The van der Waals surface area contributed by atoms with E-state index in [0.29, 0.717) is 11.3 Å². The van der Waals surface area contributed by atoms with Crippen molar-refractivity contribution >= 4 is 12.0 Å². The maximum atomic E-state index is 13.3. The summed E-state index contributed by atoms with van der Waals surface area (Å²) in [4.78, 5) is 17.7. The SMILES string of the molecule is CC(c1ccc(F)c(F)c1)N(C)C(=O)C=Cc1ccccn1. The van der Waals surface area contributed by atoms with Gasteiger partial charge in [-0.3, -0.25) is 9.78 Å². The maximum absolute atomic E-state index is 13.3. The molecule has 1 aromatic heterocycles. The largest absolute Gasteiger partial charge is 0.335 e. The van der Waals surface area contributed by atoms with Gasteiger partial charge in [0.1, 0.15) is 0 Å². The summed E-state index contributed by atoms with van der Waals surface area (Å²) in [5, 5.41) is 0. The number of nitrogens with zero attached hydrogens (tertiary/aromatic N) is 2. The molecule has 2 rings (SSSR count). The normalized spacial score (nSPS) is 12.4. The Bertz CT molecular complexity index is 686. The van der Waals surface area contributed by atoms with Crippen molar-refractivity contribution in [2.75, 3.05) is 7.05 Å². The number of aromatic nitrogens is 1. The number of carbonyl (C=O) groups is 1. The van der Waals surface area contributed by atoms with Crippen molar-refractivity contribution in [2.45, 2.75) is 13.0 Å². The number of amides is 1. The highest BCUT2D eigenvalue weighted by atomic mass is 19.2. The molecule has 0 radical (unpaired) electrons. The molecule has 114 valence electrons. The first kappa shape index (κ1) is 15.8. The average Bonchev–Trinajstić information content (AvgIpc) is 2.54. The molecule has 2 aromatic rings. The molecule has 0 saturated heterocycles. The van der Waals surface area contributed by atoms with E-state index in [0.717, 1.165) is 12.1 Å². The number of rotatable bonds is 4. The van der Waals surface area contributed by atoms with Crippen molar-refractivity contribution in [3.05, 3.63) is 71.6 Å². The molecular formula is C17H16F2N2O. The molecule has 5 heteroatoms. The van der Waals surface area contributed by atoms with Crippen LogP contribution in [-0.4, -0.2) is 22.8 Å². The Morgan fingerprint density at radius 3 is 2.64 bits per heavy atom. The van der Waals surface area contributed by atoms with Gasteiger partial charge in [-0.15, -0.1) is 0 Å². The zero-order valence-corrected chi connectivity index (χ0v) is 12.3. The van der Waals surface area contributed by atoms with Gasteiger partial charge < -0.3 is 4.90 Å². The summed E-state index contributed by atoms with van der Waals surface area (Å²) in [5.74, 6) is -2.07. The van der Waals surface area contributed by atoms with Crippen molar-refractivity contribution in [3.8, 4) is 0 Å². The lowest BCUT2D eigenvalue weighted by Gasteiger charge is -2.24. The lowest BCUT2D eigenvalue weighted by atomic mass is 10.1. The summed E-state index contributed by atoms with van der Waals surface area (Å²) >= 11 is 0. The van der Waals surface area contributed by atoms with Crippen molar-refractivity contribution < 1.29 is 13.6 Å². The molecule has 0 bridgehead atoms. The molecule has 22 heavy (non-hydrogen) atoms. The molecule has 1 heterocycles. The van der Waals surface area contributed by atoms with Gasteiger partial charge in [0.25, 0.3) is 0 Å². The standard InChI is InChI=1S/C17H16F2N2O/c1-12(13-6-8-15(18)16(19)11-13)21(2)17(22)9-7-14-5-3-4-10-20-14/h3-12H,1-2H3. The second kappa shape index (κ2) is 6.93. The Morgan fingerprint density at radius 1 is 1.23 bits per heavy atom. The number of hydrogen-bond acceptors (Lipinski definition) is 2. The van der Waals surface area contributed by atoms with Crippen molar-refractivity contribution in [1.29, 1.82) is 0 Å². The smallest absolute Gasteiger partial charge is 0.246 e. The van der Waals surface area contributed by atoms with Gasteiger partial charge in [0.2, 0.25) is 5.91 Å². The summed E-state index contributed by atoms with van der Waals surface area (Å²) in [6.45, 7) is 1.75.